The Morgan fingerprint density at radius 2 is 0.907 bits per heavy atom. The van der Waals surface area contributed by atoms with E-state index in [-0.39, 0.29) is 0 Å². The van der Waals surface area contributed by atoms with Crippen molar-refractivity contribution < 1.29 is 78.9 Å². The zero-order valence-electron chi connectivity index (χ0n) is 23.6. The molecule has 0 aliphatic carbocycles. The summed E-state index contributed by atoms with van der Waals surface area (Å²) in [6.45, 7) is 1.58. The average Bonchev–Trinajstić information content (AvgIpc) is 2.93. The number of ether oxygens (including phenoxy) is 5. The van der Waals surface area contributed by atoms with E-state index in [2.05, 4.69) is 16.0 Å². The highest BCUT2D eigenvalue weighted by atomic mass is 16.7. The van der Waals surface area contributed by atoms with E-state index in [4.69, 9.17) is 23.7 Å². The van der Waals surface area contributed by atoms with Gasteiger partial charge >= 0.3 is 0 Å². The summed E-state index contributed by atoms with van der Waals surface area (Å²) >= 11 is 0. The zero-order chi connectivity index (χ0) is 32.2. The summed E-state index contributed by atoms with van der Waals surface area (Å²) in [5.41, 5.74) is 0. The van der Waals surface area contributed by atoms with E-state index < -0.39 is 129 Å². The summed E-state index contributed by atoms with van der Waals surface area (Å²) in [4.78, 5) is 34.8. The molecule has 0 aromatic heterocycles. The fourth-order valence-corrected chi connectivity index (χ4v) is 5.07. The van der Waals surface area contributed by atoms with Gasteiger partial charge in [0.1, 0.15) is 73.1 Å². The Morgan fingerprint density at radius 1 is 0.558 bits per heavy atom. The maximum absolute atomic E-state index is 11.8. The second-order valence-electron chi connectivity index (χ2n) is 10.6. The third-order valence-electron chi connectivity index (χ3n) is 7.26. The van der Waals surface area contributed by atoms with Crippen molar-refractivity contribution >= 4 is 17.7 Å². The molecule has 19 heteroatoms. The minimum Gasteiger partial charge on any atom is -0.394 e. The third kappa shape index (κ3) is 8.54. The molecule has 43 heavy (non-hydrogen) atoms. The van der Waals surface area contributed by atoms with Crippen LogP contribution in [0.5, 0.6) is 0 Å². The molecule has 3 amide bonds. The van der Waals surface area contributed by atoms with Gasteiger partial charge in [-0.05, 0) is 0 Å². The number of nitrogens with one attached hydrogen (secondary N) is 3. The number of carbonyl (C=O) groups excluding carboxylic acids is 3. The Balaban J connectivity index is 1.72. The van der Waals surface area contributed by atoms with Crippen molar-refractivity contribution in [2.75, 3.05) is 19.8 Å². The molecular formula is C24H41N3O16. The maximum atomic E-state index is 11.8. The molecule has 0 aromatic rings. The monoisotopic (exact) mass is 627 g/mol. The minimum absolute atomic E-state index is 0.565. The Hall–Kier alpha value is -2.11. The molecule has 3 saturated heterocycles. The first kappa shape index (κ1) is 35.4. The van der Waals surface area contributed by atoms with Crippen LogP contribution < -0.4 is 16.0 Å². The lowest BCUT2D eigenvalue weighted by atomic mass is 9.95. The first-order valence-electron chi connectivity index (χ1n) is 13.5. The van der Waals surface area contributed by atoms with E-state index in [0.717, 1.165) is 20.8 Å². The highest BCUT2D eigenvalue weighted by Gasteiger charge is 2.50. The van der Waals surface area contributed by atoms with Crippen LogP contribution >= 0.6 is 0 Å². The summed E-state index contributed by atoms with van der Waals surface area (Å²) in [7, 11) is 0. The van der Waals surface area contributed by atoms with Crippen molar-refractivity contribution in [3.8, 4) is 0 Å². The molecule has 1 unspecified atom stereocenters. The van der Waals surface area contributed by atoms with Crippen LogP contribution in [0.2, 0.25) is 0 Å². The molecule has 3 fully saturated rings. The highest BCUT2D eigenvalue weighted by molar-refractivity contribution is 5.74. The van der Waals surface area contributed by atoms with Gasteiger partial charge in [0.05, 0.1) is 19.8 Å². The Bertz CT molecular complexity index is 962. The van der Waals surface area contributed by atoms with Gasteiger partial charge in [0.2, 0.25) is 17.7 Å². The summed E-state index contributed by atoms with van der Waals surface area (Å²) in [5, 5.41) is 89.8. The molecule has 0 saturated carbocycles. The molecule has 3 aliphatic heterocycles. The molecule has 248 valence electrons. The molecule has 3 aliphatic rings. The van der Waals surface area contributed by atoms with E-state index in [1.807, 2.05) is 0 Å². The standard InChI is InChI=1S/C24H41N3O16/c1-7(29)25-13-19(35)17(33)11(41-22(13)38)5-39-24-15(27-9(3)31)21(37)18(34)12(43-24)6-40-23-14(26-8(2)30)20(36)16(32)10(4-28)42-23/h10-24,28,32-38H,4-6H2,1-3H3,(H,25,29)(H,26,30)(H,27,31)/t10-,11-,12-,13-,14-,15-,16+,17+,18+,19-,20-,21-,22?,23-,24-/m1/s1. The van der Waals surface area contributed by atoms with Crippen LogP contribution in [0.3, 0.4) is 0 Å². The van der Waals surface area contributed by atoms with Crippen LogP contribution in [0.4, 0.5) is 0 Å². The summed E-state index contributed by atoms with van der Waals surface area (Å²) in [6, 6.07) is -4.00. The van der Waals surface area contributed by atoms with Crippen molar-refractivity contribution in [2.24, 2.45) is 0 Å². The van der Waals surface area contributed by atoms with E-state index in [0.29, 0.717) is 0 Å². The van der Waals surface area contributed by atoms with Gasteiger partial charge in [-0.1, -0.05) is 0 Å². The maximum Gasteiger partial charge on any atom is 0.217 e. The number of amides is 3. The van der Waals surface area contributed by atoms with Crippen LogP contribution in [-0.4, -0.2) is 170 Å². The third-order valence-corrected chi connectivity index (χ3v) is 7.26. The number of hydrogen-bond acceptors (Lipinski definition) is 16. The molecule has 19 nitrogen and oxygen atoms in total. The SMILES string of the molecule is CC(=O)N[C@H]1[C@H](OC[C@H]2O[C@@H](OC[C@H]3OC(O)[C@H](NC(C)=O)[C@@H](O)[C@H]3O)[C@H](NC(C)=O)[C@@H](O)[C@H]2O)O[C@H](CO)[C@H](O)[C@@H]1O. The molecule has 3 rings (SSSR count). The number of aliphatic hydroxyl groups excluding tert-OH is 8. The van der Waals surface area contributed by atoms with Crippen molar-refractivity contribution in [1.82, 2.24) is 16.0 Å². The van der Waals surface area contributed by atoms with Gasteiger partial charge in [-0.2, -0.15) is 0 Å². The lowest BCUT2D eigenvalue weighted by Gasteiger charge is -2.45. The molecule has 0 radical (unpaired) electrons. The Kier molecular flexibility index (Phi) is 12.5. The zero-order valence-corrected chi connectivity index (χ0v) is 23.6. The molecule has 0 spiro atoms. The van der Waals surface area contributed by atoms with Crippen LogP contribution in [0.15, 0.2) is 0 Å². The number of rotatable bonds is 10. The minimum atomic E-state index is -1.73. The summed E-state index contributed by atoms with van der Waals surface area (Å²) in [6.07, 6.45) is -18.6. The first-order chi connectivity index (χ1) is 20.2. The lowest BCUT2D eigenvalue weighted by Crippen LogP contribution is -2.67. The average molecular weight is 628 g/mol. The van der Waals surface area contributed by atoms with Gasteiger partial charge in [-0.3, -0.25) is 14.4 Å². The largest absolute Gasteiger partial charge is 0.394 e. The van der Waals surface area contributed by atoms with E-state index >= 15 is 0 Å². The number of aliphatic hydroxyl groups is 8. The molecule has 0 bridgehead atoms. The molecule has 15 atom stereocenters. The second-order valence-corrected chi connectivity index (χ2v) is 10.6. The van der Waals surface area contributed by atoms with Crippen molar-refractivity contribution in [1.29, 1.82) is 0 Å². The van der Waals surface area contributed by atoms with Crippen LogP contribution in [0.1, 0.15) is 20.8 Å². The predicted molar refractivity (Wildman–Crippen MR) is 136 cm³/mol. The van der Waals surface area contributed by atoms with E-state index in [1.54, 1.807) is 0 Å². The van der Waals surface area contributed by atoms with Crippen LogP contribution in [0.25, 0.3) is 0 Å². The fourth-order valence-electron chi connectivity index (χ4n) is 5.07. The van der Waals surface area contributed by atoms with Crippen molar-refractivity contribution in [3.63, 3.8) is 0 Å². The van der Waals surface area contributed by atoms with Gasteiger partial charge in [-0.25, -0.2) is 0 Å². The second kappa shape index (κ2) is 15.3. The van der Waals surface area contributed by atoms with Gasteiger partial charge in [-0.15, -0.1) is 0 Å². The summed E-state index contributed by atoms with van der Waals surface area (Å²) in [5.74, 6) is -1.82. The normalized spacial score (nSPS) is 43.5. The van der Waals surface area contributed by atoms with E-state index in [1.165, 1.54) is 0 Å². The van der Waals surface area contributed by atoms with Crippen molar-refractivity contribution in [3.05, 3.63) is 0 Å². The topological polar surface area (TPSA) is 295 Å². The van der Waals surface area contributed by atoms with Gasteiger partial charge < -0.3 is 80.5 Å². The Morgan fingerprint density at radius 3 is 1.33 bits per heavy atom. The van der Waals surface area contributed by atoms with Crippen LogP contribution in [0, 0.1) is 0 Å². The molecule has 3 heterocycles. The van der Waals surface area contributed by atoms with E-state index in [9.17, 15) is 55.2 Å². The quantitative estimate of drug-likeness (QED) is 0.107. The van der Waals surface area contributed by atoms with Gasteiger partial charge in [0.25, 0.3) is 0 Å². The van der Waals surface area contributed by atoms with Gasteiger partial charge in [0.15, 0.2) is 18.9 Å². The van der Waals surface area contributed by atoms with Crippen LogP contribution in [-0.2, 0) is 38.1 Å². The number of hydrogen-bond donors (Lipinski definition) is 11. The molecule has 11 N–H and O–H groups in total. The molecule has 0 aromatic carbocycles. The first-order valence-corrected chi connectivity index (χ1v) is 13.5. The highest BCUT2D eigenvalue weighted by Crippen LogP contribution is 2.27. The fraction of sp³-hybridized carbons (Fsp3) is 0.875. The van der Waals surface area contributed by atoms with Gasteiger partial charge in [0, 0.05) is 20.8 Å². The molecular weight excluding hydrogens is 586 g/mol. The number of carbonyl (C=O) groups is 3. The lowest BCUT2D eigenvalue weighted by molar-refractivity contribution is -0.313. The Labute approximate surface area is 245 Å². The summed E-state index contributed by atoms with van der Waals surface area (Å²) < 4.78 is 27.8. The smallest absolute Gasteiger partial charge is 0.217 e. The van der Waals surface area contributed by atoms with Crippen molar-refractivity contribution in [2.45, 2.75) is 113 Å². The predicted octanol–water partition coefficient (Wildman–Crippen LogP) is -7.14.